The molecule has 2 amide bonds. The number of methoxy groups -OCH3 is 1. The number of carbonyl (C=O) groups excluding carboxylic acids is 3. The van der Waals surface area contributed by atoms with Crippen LogP contribution in [0.2, 0.25) is 5.02 Å². The quantitative estimate of drug-likeness (QED) is 0.342. The normalized spacial score (nSPS) is 13.7. The molecule has 1 aliphatic heterocycles. The fourth-order valence-electron chi connectivity index (χ4n) is 4.43. The van der Waals surface area contributed by atoms with Crippen molar-refractivity contribution in [1.29, 1.82) is 0 Å². The summed E-state index contributed by atoms with van der Waals surface area (Å²) in [6.45, 7) is 3.98. The Morgan fingerprint density at radius 1 is 1.00 bits per heavy atom. The van der Waals surface area contributed by atoms with Gasteiger partial charge in [-0.2, -0.15) is 0 Å². The van der Waals surface area contributed by atoms with Gasteiger partial charge in [0.1, 0.15) is 11.8 Å². The summed E-state index contributed by atoms with van der Waals surface area (Å²) >= 11 is 6.51. The zero-order valence-electron chi connectivity index (χ0n) is 21.1. The molecule has 0 aromatic heterocycles. The van der Waals surface area contributed by atoms with Gasteiger partial charge in [-0.25, -0.2) is 4.79 Å². The minimum atomic E-state index is -4.83. The van der Waals surface area contributed by atoms with E-state index in [0.717, 1.165) is 17.7 Å². The van der Waals surface area contributed by atoms with E-state index in [1.54, 1.807) is 18.2 Å². The van der Waals surface area contributed by atoms with Crippen molar-refractivity contribution < 1.29 is 37.0 Å². The van der Waals surface area contributed by atoms with Crippen LogP contribution in [0.15, 0.2) is 60.7 Å². The third-order valence-corrected chi connectivity index (χ3v) is 6.55. The smallest absolute Gasteiger partial charge is 0.467 e. The molecule has 0 saturated heterocycles. The van der Waals surface area contributed by atoms with Crippen molar-refractivity contribution in [3.8, 4) is 16.9 Å². The average Bonchev–Trinajstić information content (AvgIpc) is 3.18. The highest BCUT2D eigenvalue weighted by atomic mass is 35.5. The van der Waals surface area contributed by atoms with Crippen LogP contribution in [0.3, 0.4) is 0 Å². The van der Waals surface area contributed by atoms with Gasteiger partial charge in [0.25, 0.3) is 11.8 Å². The molecule has 4 rings (SSSR count). The SMILES string of the molecule is COC(=O)C(C(C)C)N1Cc2ccc(-c3ccc(NC(=O)c4ccc(OC(F)(F)F)cc4)cc3Cl)cc2C1=O. The lowest BCUT2D eigenvalue weighted by Gasteiger charge is -2.28. The molecule has 0 fully saturated rings. The lowest BCUT2D eigenvalue weighted by Crippen LogP contribution is -2.45. The molecule has 3 aromatic rings. The molecule has 0 bridgehead atoms. The highest BCUT2D eigenvalue weighted by molar-refractivity contribution is 6.33. The maximum Gasteiger partial charge on any atom is 0.573 e. The van der Waals surface area contributed by atoms with Crippen LogP contribution in [0.25, 0.3) is 11.1 Å². The number of benzene rings is 3. The number of nitrogens with zero attached hydrogens (tertiary/aromatic N) is 1. The molecule has 0 radical (unpaired) electrons. The first-order chi connectivity index (χ1) is 18.4. The second-order valence-electron chi connectivity index (χ2n) is 9.24. The van der Waals surface area contributed by atoms with Gasteiger partial charge >= 0.3 is 12.3 Å². The number of rotatable bonds is 7. The van der Waals surface area contributed by atoms with Crippen LogP contribution in [0.1, 0.15) is 40.1 Å². The van der Waals surface area contributed by atoms with Crippen LogP contribution in [-0.2, 0) is 16.1 Å². The Bertz CT molecular complexity index is 1420. The number of nitrogens with one attached hydrogen (secondary N) is 1. The second kappa shape index (κ2) is 11.0. The van der Waals surface area contributed by atoms with E-state index >= 15 is 0 Å². The van der Waals surface area contributed by atoms with Crippen LogP contribution in [-0.4, -0.2) is 42.2 Å². The van der Waals surface area contributed by atoms with Gasteiger partial charge in [-0.15, -0.1) is 13.2 Å². The molecule has 0 aliphatic carbocycles. The van der Waals surface area contributed by atoms with Crippen molar-refractivity contribution in [2.45, 2.75) is 32.8 Å². The highest BCUT2D eigenvalue weighted by Crippen LogP contribution is 2.35. The summed E-state index contributed by atoms with van der Waals surface area (Å²) in [5.74, 6) is -1.88. The predicted molar refractivity (Wildman–Crippen MR) is 138 cm³/mol. The molecule has 1 heterocycles. The summed E-state index contributed by atoms with van der Waals surface area (Å²) in [6.07, 6.45) is -4.83. The van der Waals surface area contributed by atoms with Crippen molar-refractivity contribution >= 4 is 35.1 Å². The molecular formula is C28H24ClF3N2O5. The van der Waals surface area contributed by atoms with E-state index in [0.29, 0.717) is 27.4 Å². The van der Waals surface area contributed by atoms with Crippen LogP contribution in [0.5, 0.6) is 5.75 Å². The van der Waals surface area contributed by atoms with Crippen LogP contribution >= 0.6 is 11.6 Å². The van der Waals surface area contributed by atoms with E-state index in [2.05, 4.69) is 10.1 Å². The average molecular weight is 561 g/mol. The van der Waals surface area contributed by atoms with Crippen LogP contribution in [0, 0.1) is 5.92 Å². The van der Waals surface area contributed by atoms with Gasteiger partial charge in [0.2, 0.25) is 0 Å². The number of alkyl halides is 3. The van der Waals surface area contributed by atoms with Gasteiger partial charge < -0.3 is 19.7 Å². The summed E-state index contributed by atoms with van der Waals surface area (Å²) in [6, 6.07) is 14.0. The van der Waals surface area contributed by atoms with Crippen molar-refractivity contribution in [3.05, 3.63) is 82.4 Å². The van der Waals surface area contributed by atoms with Crippen molar-refractivity contribution in [3.63, 3.8) is 0 Å². The number of fused-ring (bicyclic) bond motifs is 1. The second-order valence-corrected chi connectivity index (χ2v) is 9.65. The van der Waals surface area contributed by atoms with Gasteiger partial charge in [-0.1, -0.05) is 43.6 Å². The van der Waals surface area contributed by atoms with Gasteiger partial charge in [0.05, 0.1) is 12.1 Å². The van der Waals surface area contributed by atoms with Gasteiger partial charge in [-0.05, 0) is 59.5 Å². The third kappa shape index (κ3) is 6.17. The van der Waals surface area contributed by atoms with Crippen molar-refractivity contribution in [2.75, 3.05) is 12.4 Å². The summed E-state index contributed by atoms with van der Waals surface area (Å²) in [5, 5.41) is 2.95. The minimum Gasteiger partial charge on any atom is -0.467 e. The molecule has 0 spiro atoms. The predicted octanol–water partition coefficient (Wildman–Crippen LogP) is 6.31. The molecular weight excluding hydrogens is 537 g/mol. The van der Waals surface area contributed by atoms with Crippen molar-refractivity contribution in [2.24, 2.45) is 5.92 Å². The zero-order chi connectivity index (χ0) is 28.5. The Labute approximate surface area is 227 Å². The standard InChI is InChI=1S/C28H24ClF3N2O5/c1-15(2)24(27(37)38-3)34-14-18-5-4-17(12-22(18)26(34)36)21-11-8-19(13-23(21)29)33-25(35)16-6-9-20(10-7-16)39-28(30,31)32/h4-13,15,24H,14H2,1-3H3,(H,33,35). The number of anilines is 1. The Balaban J connectivity index is 1.50. The molecule has 39 heavy (non-hydrogen) atoms. The fourth-order valence-corrected chi connectivity index (χ4v) is 4.72. The van der Waals surface area contributed by atoms with E-state index < -0.39 is 30.0 Å². The summed E-state index contributed by atoms with van der Waals surface area (Å²) in [7, 11) is 1.29. The summed E-state index contributed by atoms with van der Waals surface area (Å²) < 4.78 is 45.7. The molecule has 7 nitrogen and oxygen atoms in total. The number of ether oxygens (including phenoxy) is 2. The summed E-state index contributed by atoms with van der Waals surface area (Å²) in [4.78, 5) is 39.6. The molecule has 0 saturated carbocycles. The molecule has 11 heteroatoms. The van der Waals surface area contributed by atoms with E-state index in [9.17, 15) is 27.6 Å². The first-order valence-electron chi connectivity index (χ1n) is 11.9. The fraction of sp³-hybridized carbons (Fsp3) is 0.250. The molecule has 1 aliphatic rings. The summed E-state index contributed by atoms with van der Waals surface area (Å²) in [5.41, 5.74) is 3.03. The minimum absolute atomic E-state index is 0.123. The Hall–Kier alpha value is -4.05. The Kier molecular flexibility index (Phi) is 7.87. The lowest BCUT2D eigenvalue weighted by atomic mass is 10.00. The first kappa shape index (κ1) is 28.0. The van der Waals surface area contributed by atoms with Crippen LogP contribution in [0.4, 0.5) is 18.9 Å². The lowest BCUT2D eigenvalue weighted by molar-refractivity contribution is -0.274. The monoisotopic (exact) mass is 560 g/mol. The molecule has 1 atom stereocenters. The van der Waals surface area contributed by atoms with Crippen molar-refractivity contribution in [1.82, 2.24) is 4.90 Å². The number of hydrogen-bond donors (Lipinski definition) is 1. The van der Waals surface area contributed by atoms with Gasteiger partial charge in [0.15, 0.2) is 0 Å². The maximum atomic E-state index is 13.2. The number of esters is 1. The molecule has 1 unspecified atom stereocenters. The van der Waals surface area contributed by atoms with Gasteiger partial charge in [0, 0.05) is 28.9 Å². The van der Waals surface area contributed by atoms with Gasteiger partial charge in [-0.3, -0.25) is 9.59 Å². The topological polar surface area (TPSA) is 84.9 Å². The maximum absolute atomic E-state index is 13.2. The number of amides is 2. The van der Waals surface area contributed by atoms with E-state index in [1.165, 1.54) is 30.2 Å². The molecule has 3 aromatic carbocycles. The van der Waals surface area contributed by atoms with E-state index in [1.807, 2.05) is 26.0 Å². The molecule has 1 N–H and O–H groups in total. The number of carbonyl (C=O) groups is 3. The number of halogens is 4. The first-order valence-corrected chi connectivity index (χ1v) is 12.2. The largest absolute Gasteiger partial charge is 0.573 e. The third-order valence-electron chi connectivity index (χ3n) is 6.24. The molecule has 204 valence electrons. The Morgan fingerprint density at radius 2 is 1.69 bits per heavy atom. The zero-order valence-corrected chi connectivity index (χ0v) is 21.9. The van der Waals surface area contributed by atoms with Crippen LogP contribution < -0.4 is 10.1 Å². The van der Waals surface area contributed by atoms with E-state index in [-0.39, 0.29) is 23.9 Å². The number of hydrogen-bond acceptors (Lipinski definition) is 5. The Morgan fingerprint density at radius 3 is 2.28 bits per heavy atom. The van der Waals surface area contributed by atoms with E-state index in [4.69, 9.17) is 16.3 Å². The highest BCUT2D eigenvalue weighted by Gasteiger charge is 2.39.